The van der Waals surface area contributed by atoms with Gasteiger partial charge in [0.25, 0.3) is 0 Å². The zero-order valence-corrected chi connectivity index (χ0v) is 23.0. The van der Waals surface area contributed by atoms with E-state index in [4.69, 9.17) is 4.74 Å². The molecule has 0 bridgehead atoms. The van der Waals surface area contributed by atoms with Gasteiger partial charge in [0, 0.05) is 31.6 Å². The van der Waals surface area contributed by atoms with Crippen LogP contribution in [-0.2, 0) is 10.3 Å². The maximum Gasteiger partial charge on any atom is 0.320 e. The lowest BCUT2D eigenvalue weighted by Gasteiger charge is -2.51. The number of ether oxygens (including phenoxy) is 1. The Hall–Kier alpha value is -3.13. The molecule has 3 aliphatic rings. The summed E-state index contributed by atoms with van der Waals surface area (Å²) in [7, 11) is 5.94. The topological polar surface area (TPSA) is 78.0 Å². The number of nitrogens with one attached hydrogen (secondary N) is 1. The van der Waals surface area contributed by atoms with E-state index in [2.05, 4.69) is 64.5 Å². The highest BCUT2D eigenvalue weighted by atomic mass is 16.5. The number of benzene rings is 1. The molecular weight excluding hydrogens is 478 g/mol. The molecule has 5 rings (SSSR count). The molecule has 1 saturated heterocycles. The number of hydrogen-bond acceptors (Lipinski definition) is 5. The SMILES string of the molecule is COc1ccc(NC(=O)CCN2CC3(CCC(c4ccccc4)(N(C)C)CC3)N(CC3CCC3)C2=O)nc1. The molecular formula is C30H41N5O3. The average molecular weight is 520 g/mol. The van der Waals surface area contributed by atoms with Gasteiger partial charge in [-0.25, -0.2) is 9.78 Å². The highest BCUT2D eigenvalue weighted by Gasteiger charge is 2.54. The summed E-state index contributed by atoms with van der Waals surface area (Å²) in [6, 6.07) is 14.4. The van der Waals surface area contributed by atoms with Gasteiger partial charge < -0.3 is 19.9 Å². The van der Waals surface area contributed by atoms with Crippen LogP contribution >= 0.6 is 0 Å². The van der Waals surface area contributed by atoms with Crippen molar-refractivity contribution in [3.63, 3.8) is 0 Å². The van der Waals surface area contributed by atoms with Gasteiger partial charge in [0.1, 0.15) is 11.6 Å². The molecule has 0 unspecified atom stereocenters. The van der Waals surface area contributed by atoms with Crippen LogP contribution in [-0.4, -0.2) is 78.0 Å². The molecule has 38 heavy (non-hydrogen) atoms. The van der Waals surface area contributed by atoms with Crippen molar-refractivity contribution in [3.05, 3.63) is 54.2 Å². The fourth-order valence-electron chi connectivity index (χ4n) is 6.58. The first-order valence-electron chi connectivity index (χ1n) is 13.9. The largest absolute Gasteiger partial charge is 0.495 e. The third-order valence-electron chi connectivity index (χ3n) is 9.25. The maximum absolute atomic E-state index is 13.7. The molecule has 0 atom stereocenters. The molecule has 3 amide bonds. The van der Waals surface area contributed by atoms with Crippen molar-refractivity contribution in [1.82, 2.24) is 19.7 Å². The van der Waals surface area contributed by atoms with Crippen LogP contribution < -0.4 is 10.1 Å². The highest BCUT2D eigenvalue weighted by Crippen LogP contribution is 2.49. The predicted molar refractivity (Wildman–Crippen MR) is 148 cm³/mol. The van der Waals surface area contributed by atoms with E-state index in [1.54, 1.807) is 25.4 Å². The second-order valence-corrected chi connectivity index (χ2v) is 11.5. The molecule has 1 aliphatic heterocycles. The lowest BCUT2D eigenvalue weighted by molar-refractivity contribution is -0.116. The van der Waals surface area contributed by atoms with E-state index in [1.807, 2.05) is 4.90 Å². The highest BCUT2D eigenvalue weighted by molar-refractivity contribution is 5.90. The van der Waals surface area contributed by atoms with E-state index in [0.717, 1.165) is 32.2 Å². The first-order valence-corrected chi connectivity index (χ1v) is 13.9. The monoisotopic (exact) mass is 519 g/mol. The van der Waals surface area contributed by atoms with Crippen molar-refractivity contribution in [2.24, 2.45) is 5.92 Å². The Bertz CT molecular complexity index is 1110. The molecule has 1 aromatic carbocycles. The predicted octanol–water partition coefficient (Wildman–Crippen LogP) is 4.73. The Kier molecular flexibility index (Phi) is 7.61. The second-order valence-electron chi connectivity index (χ2n) is 11.5. The molecule has 2 aliphatic carbocycles. The number of nitrogens with zero attached hydrogens (tertiary/aromatic N) is 4. The van der Waals surface area contributed by atoms with Crippen LogP contribution in [0, 0.1) is 5.92 Å². The quantitative estimate of drug-likeness (QED) is 0.518. The third kappa shape index (κ3) is 5.10. The Balaban J connectivity index is 1.27. The van der Waals surface area contributed by atoms with Crippen molar-refractivity contribution in [2.45, 2.75) is 62.4 Å². The summed E-state index contributed by atoms with van der Waals surface area (Å²) < 4.78 is 5.13. The first kappa shape index (κ1) is 26.5. The van der Waals surface area contributed by atoms with Crippen LogP contribution in [0.1, 0.15) is 56.9 Å². The van der Waals surface area contributed by atoms with Gasteiger partial charge in [0.05, 0.1) is 18.8 Å². The molecule has 204 valence electrons. The zero-order valence-electron chi connectivity index (χ0n) is 23.0. The van der Waals surface area contributed by atoms with Gasteiger partial charge in [-0.05, 0) is 76.2 Å². The van der Waals surface area contributed by atoms with Gasteiger partial charge >= 0.3 is 6.03 Å². The Morgan fingerprint density at radius 2 is 1.84 bits per heavy atom. The lowest BCUT2D eigenvalue weighted by Crippen LogP contribution is -2.56. The molecule has 1 aromatic heterocycles. The number of aromatic nitrogens is 1. The number of carbonyl (C=O) groups excluding carboxylic acids is 2. The summed E-state index contributed by atoms with van der Waals surface area (Å²) in [6.07, 6.45) is 9.47. The van der Waals surface area contributed by atoms with E-state index >= 15 is 0 Å². The molecule has 1 N–H and O–H groups in total. The lowest BCUT2D eigenvalue weighted by atomic mass is 9.68. The molecule has 8 nitrogen and oxygen atoms in total. The summed E-state index contributed by atoms with van der Waals surface area (Å²) in [5.74, 6) is 1.59. The van der Waals surface area contributed by atoms with E-state index in [1.165, 1.54) is 24.8 Å². The summed E-state index contributed by atoms with van der Waals surface area (Å²) >= 11 is 0. The number of carbonyl (C=O) groups is 2. The second kappa shape index (κ2) is 10.9. The minimum absolute atomic E-state index is 0.0175. The van der Waals surface area contributed by atoms with Crippen molar-refractivity contribution in [1.29, 1.82) is 0 Å². The van der Waals surface area contributed by atoms with E-state index < -0.39 is 0 Å². The number of rotatable bonds is 9. The van der Waals surface area contributed by atoms with Gasteiger partial charge in [-0.15, -0.1) is 0 Å². The van der Waals surface area contributed by atoms with Crippen LogP contribution in [0.15, 0.2) is 48.7 Å². The number of urea groups is 1. The first-order chi connectivity index (χ1) is 18.3. The molecule has 0 radical (unpaired) electrons. The molecule has 2 aromatic rings. The van der Waals surface area contributed by atoms with Crippen LogP contribution in [0.2, 0.25) is 0 Å². The fourth-order valence-corrected chi connectivity index (χ4v) is 6.58. The molecule has 2 heterocycles. The van der Waals surface area contributed by atoms with Crippen LogP contribution in [0.25, 0.3) is 0 Å². The average Bonchev–Trinajstić information content (AvgIpc) is 3.16. The number of pyridine rings is 1. The van der Waals surface area contributed by atoms with E-state index in [0.29, 0.717) is 30.6 Å². The fraction of sp³-hybridized carbons (Fsp3) is 0.567. The van der Waals surface area contributed by atoms with E-state index in [-0.39, 0.29) is 29.4 Å². The minimum Gasteiger partial charge on any atom is -0.495 e. The number of amides is 3. The van der Waals surface area contributed by atoms with Crippen molar-refractivity contribution < 1.29 is 14.3 Å². The zero-order chi connectivity index (χ0) is 26.8. The Morgan fingerprint density at radius 3 is 2.42 bits per heavy atom. The smallest absolute Gasteiger partial charge is 0.320 e. The Labute approximate surface area is 226 Å². The number of anilines is 1. The Morgan fingerprint density at radius 1 is 1.11 bits per heavy atom. The molecule has 3 fully saturated rings. The molecule has 1 spiro atoms. The van der Waals surface area contributed by atoms with Crippen LogP contribution in [0.3, 0.4) is 0 Å². The third-order valence-corrected chi connectivity index (χ3v) is 9.25. The van der Waals surface area contributed by atoms with Gasteiger partial charge in [-0.3, -0.25) is 9.69 Å². The number of methoxy groups -OCH3 is 1. The van der Waals surface area contributed by atoms with Gasteiger partial charge in [0.15, 0.2) is 0 Å². The van der Waals surface area contributed by atoms with Gasteiger partial charge in [-0.2, -0.15) is 0 Å². The minimum atomic E-state index is -0.158. The molecule has 8 heteroatoms. The molecule has 2 saturated carbocycles. The summed E-state index contributed by atoms with van der Waals surface area (Å²) in [6.45, 7) is 1.96. The van der Waals surface area contributed by atoms with Crippen LogP contribution in [0.5, 0.6) is 5.75 Å². The van der Waals surface area contributed by atoms with Gasteiger partial charge in [0.2, 0.25) is 5.91 Å². The van der Waals surface area contributed by atoms with Crippen LogP contribution in [0.4, 0.5) is 10.6 Å². The standard InChI is InChI=1S/C30H41N5O3/c1-33(2)30(24-10-5-4-6-11-24)17-15-29(16-18-30)22-34(28(37)35(29)21-23-8-7-9-23)19-14-27(36)32-26-13-12-25(38-3)20-31-26/h4-6,10-13,20,23H,7-9,14-19,21-22H2,1-3H3,(H,31,32,36). The number of hydrogen-bond donors (Lipinski definition) is 1. The maximum atomic E-state index is 13.7. The summed E-state index contributed by atoms with van der Waals surface area (Å²) in [4.78, 5) is 37.1. The van der Waals surface area contributed by atoms with E-state index in [9.17, 15) is 9.59 Å². The van der Waals surface area contributed by atoms with Crippen molar-refractivity contribution in [3.8, 4) is 5.75 Å². The van der Waals surface area contributed by atoms with Crippen molar-refractivity contribution >= 4 is 17.8 Å². The normalized spacial score (nSPS) is 25.6. The summed E-state index contributed by atoms with van der Waals surface area (Å²) in [5.41, 5.74) is 1.18. The van der Waals surface area contributed by atoms with Crippen molar-refractivity contribution in [2.75, 3.05) is 46.2 Å². The van der Waals surface area contributed by atoms with Gasteiger partial charge in [-0.1, -0.05) is 36.8 Å². The summed E-state index contributed by atoms with van der Waals surface area (Å²) in [5, 5.41) is 2.84.